The lowest BCUT2D eigenvalue weighted by atomic mass is 10.1. The molecule has 5 rings (SSSR count). The van der Waals surface area contributed by atoms with Crippen LogP contribution in [0.5, 0.6) is 11.6 Å². The highest BCUT2D eigenvalue weighted by atomic mass is 19.1. The van der Waals surface area contributed by atoms with Crippen LogP contribution in [0.1, 0.15) is 36.9 Å². The number of aromatic nitrogens is 2. The zero-order chi connectivity index (χ0) is 19.1. The Morgan fingerprint density at radius 2 is 1.82 bits per heavy atom. The van der Waals surface area contributed by atoms with Crippen molar-refractivity contribution in [3.63, 3.8) is 0 Å². The van der Waals surface area contributed by atoms with E-state index in [2.05, 4.69) is 4.90 Å². The molecule has 6 nitrogen and oxygen atoms in total. The van der Waals surface area contributed by atoms with Crippen LogP contribution in [0.3, 0.4) is 0 Å². The molecule has 1 saturated heterocycles. The number of amides is 1. The number of nitrogens with zero attached hydrogens (tertiary/aromatic N) is 4. The number of anilines is 1. The van der Waals surface area contributed by atoms with Gasteiger partial charge in [0.05, 0.1) is 17.8 Å². The van der Waals surface area contributed by atoms with Crippen molar-refractivity contribution < 1.29 is 13.9 Å². The van der Waals surface area contributed by atoms with E-state index in [4.69, 9.17) is 14.7 Å². The Morgan fingerprint density at radius 3 is 2.54 bits per heavy atom. The van der Waals surface area contributed by atoms with Crippen molar-refractivity contribution in [3.8, 4) is 11.6 Å². The SMILES string of the molecule is O=C(C1CC1)N1CCc2nc(N3CCCC3)nc(Oc3ccc(F)cc3)c2C1. The molecule has 1 amide bonds. The number of carbonyl (C=O) groups is 1. The van der Waals surface area contributed by atoms with E-state index < -0.39 is 0 Å². The largest absolute Gasteiger partial charge is 0.438 e. The summed E-state index contributed by atoms with van der Waals surface area (Å²) in [6, 6.07) is 5.92. The molecular formula is C21H23FN4O2. The smallest absolute Gasteiger partial charge is 0.229 e. The quantitative estimate of drug-likeness (QED) is 0.812. The number of hydrogen-bond acceptors (Lipinski definition) is 5. The first kappa shape index (κ1) is 17.4. The molecule has 7 heteroatoms. The Bertz CT molecular complexity index is 892. The minimum absolute atomic E-state index is 0.188. The summed E-state index contributed by atoms with van der Waals surface area (Å²) in [7, 11) is 0. The molecule has 3 heterocycles. The molecule has 1 aromatic carbocycles. The van der Waals surface area contributed by atoms with Gasteiger partial charge >= 0.3 is 0 Å². The second-order valence-electron chi connectivity index (χ2n) is 7.79. The van der Waals surface area contributed by atoms with Gasteiger partial charge in [0.25, 0.3) is 0 Å². The average Bonchev–Trinajstić information content (AvgIpc) is 3.42. The molecule has 1 aromatic heterocycles. The fraction of sp³-hybridized carbons (Fsp3) is 0.476. The maximum Gasteiger partial charge on any atom is 0.229 e. The van der Waals surface area contributed by atoms with Crippen LogP contribution in [-0.4, -0.2) is 40.4 Å². The Balaban J connectivity index is 1.49. The average molecular weight is 382 g/mol. The van der Waals surface area contributed by atoms with Gasteiger partial charge in [-0.05, 0) is 49.9 Å². The van der Waals surface area contributed by atoms with E-state index in [1.165, 1.54) is 12.1 Å². The number of carbonyl (C=O) groups excluding carboxylic acids is 1. The van der Waals surface area contributed by atoms with Gasteiger partial charge < -0.3 is 14.5 Å². The van der Waals surface area contributed by atoms with Gasteiger partial charge in [-0.25, -0.2) is 9.37 Å². The van der Waals surface area contributed by atoms with Crippen molar-refractivity contribution in [1.29, 1.82) is 0 Å². The highest BCUT2D eigenvalue weighted by Crippen LogP contribution is 2.36. The third kappa shape index (κ3) is 3.41. The number of ether oxygens (including phenoxy) is 1. The Morgan fingerprint density at radius 1 is 1.07 bits per heavy atom. The molecule has 0 spiro atoms. The summed E-state index contributed by atoms with van der Waals surface area (Å²) in [6.45, 7) is 3.05. The first-order valence-electron chi connectivity index (χ1n) is 10.0. The van der Waals surface area contributed by atoms with Crippen molar-refractivity contribution in [2.75, 3.05) is 24.5 Å². The van der Waals surface area contributed by atoms with Crippen LogP contribution in [-0.2, 0) is 17.8 Å². The van der Waals surface area contributed by atoms with Gasteiger partial charge in [-0.2, -0.15) is 4.98 Å². The van der Waals surface area contributed by atoms with Gasteiger partial charge in [-0.15, -0.1) is 0 Å². The molecule has 0 atom stereocenters. The highest BCUT2D eigenvalue weighted by molar-refractivity contribution is 5.81. The van der Waals surface area contributed by atoms with Gasteiger partial charge in [0.15, 0.2) is 0 Å². The number of hydrogen-bond donors (Lipinski definition) is 0. The van der Waals surface area contributed by atoms with Crippen LogP contribution in [0.25, 0.3) is 0 Å². The summed E-state index contributed by atoms with van der Waals surface area (Å²) in [4.78, 5) is 26.1. The summed E-state index contributed by atoms with van der Waals surface area (Å²) in [6.07, 6.45) is 4.96. The van der Waals surface area contributed by atoms with E-state index in [1.807, 2.05) is 4.90 Å². The molecule has 3 aliphatic rings. The molecule has 0 radical (unpaired) electrons. The van der Waals surface area contributed by atoms with Crippen LogP contribution in [0.15, 0.2) is 24.3 Å². The highest BCUT2D eigenvalue weighted by Gasteiger charge is 2.36. The first-order chi connectivity index (χ1) is 13.7. The monoisotopic (exact) mass is 382 g/mol. The maximum atomic E-state index is 13.3. The van der Waals surface area contributed by atoms with Gasteiger partial charge in [-0.1, -0.05) is 0 Å². The first-order valence-corrected chi connectivity index (χ1v) is 10.0. The second kappa shape index (κ2) is 7.04. The molecule has 1 saturated carbocycles. The van der Waals surface area contributed by atoms with E-state index in [9.17, 15) is 9.18 Å². The van der Waals surface area contributed by atoms with Crippen LogP contribution in [0.2, 0.25) is 0 Å². The number of fused-ring (bicyclic) bond motifs is 1. The molecule has 1 aliphatic carbocycles. The fourth-order valence-corrected chi connectivity index (χ4v) is 3.91. The molecule has 146 valence electrons. The molecular weight excluding hydrogens is 359 g/mol. The van der Waals surface area contributed by atoms with Crippen molar-refractivity contribution in [2.45, 2.75) is 38.6 Å². The Kier molecular flexibility index (Phi) is 4.37. The molecule has 0 bridgehead atoms. The Hall–Kier alpha value is -2.70. The molecule has 2 aromatic rings. The molecule has 0 N–H and O–H groups in total. The van der Waals surface area contributed by atoms with Gasteiger partial charge in [0.1, 0.15) is 11.6 Å². The number of rotatable bonds is 4. The minimum atomic E-state index is -0.309. The predicted octanol–water partition coefficient (Wildman–Crippen LogP) is 3.30. The topological polar surface area (TPSA) is 58.6 Å². The summed E-state index contributed by atoms with van der Waals surface area (Å²) in [5.74, 6) is 1.80. The van der Waals surface area contributed by atoms with Crippen molar-refractivity contribution >= 4 is 11.9 Å². The lowest BCUT2D eigenvalue weighted by molar-refractivity contribution is -0.133. The zero-order valence-corrected chi connectivity index (χ0v) is 15.7. The van der Waals surface area contributed by atoms with Gasteiger partial charge in [0, 0.05) is 32.0 Å². The third-order valence-electron chi connectivity index (χ3n) is 5.67. The molecule has 2 aliphatic heterocycles. The fourth-order valence-electron chi connectivity index (χ4n) is 3.91. The minimum Gasteiger partial charge on any atom is -0.438 e. The zero-order valence-electron chi connectivity index (χ0n) is 15.7. The van der Waals surface area contributed by atoms with E-state index in [-0.39, 0.29) is 17.6 Å². The van der Waals surface area contributed by atoms with Gasteiger partial charge in [0.2, 0.25) is 17.7 Å². The second-order valence-corrected chi connectivity index (χ2v) is 7.79. The van der Waals surface area contributed by atoms with Crippen LogP contribution in [0.4, 0.5) is 10.3 Å². The van der Waals surface area contributed by atoms with Crippen molar-refractivity contribution in [2.24, 2.45) is 5.92 Å². The lowest BCUT2D eigenvalue weighted by Crippen LogP contribution is -2.38. The van der Waals surface area contributed by atoms with Crippen LogP contribution >= 0.6 is 0 Å². The van der Waals surface area contributed by atoms with Gasteiger partial charge in [-0.3, -0.25) is 4.79 Å². The standard InChI is InChI=1S/C21H23FN4O2/c22-15-5-7-16(8-6-15)28-19-17-13-26(20(27)14-3-4-14)12-9-18(17)23-21(24-19)25-10-1-2-11-25/h5-8,14H,1-4,9-13H2. The third-order valence-corrected chi connectivity index (χ3v) is 5.67. The van der Waals surface area contributed by atoms with Crippen molar-refractivity contribution in [3.05, 3.63) is 41.3 Å². The normalized spacial score (nSPS) is 18.9. The summed E-state index contributed by atoms with van der Waals surface area (Å²) in [5.41, 5.74) is 1.82. The van der Waals surface area contributed by atoms with E-state index in [0.29, 0.717) is 37.1 Å². The lowest BCUT2D eigenvalue weighted by Gasteiger charge is -2.30. The summed E-state index contributed by atoms with van der Waals surface area (Å²) >= 11 is 0. The molecule has 0 unspecified atom stereocenters. The van der Waals surface area contributed by atoms with Crippen molar-refractivity contribution in [1.82, 2.24) is 14.9 Å². The van der Waals surface area contributed by atoms with E-state index in [1.54, 1.807) is 12.1 Å². The van der Waals surface area contributed by atoms with E-state index >= 15 is 0 Å². The molecule has 28 heavy (non-hydrogen) atoms. The predicted molar refractivity (Wildman–Crippen MR) is 102 cm³/mol. The Labute approximate surface area is 163 Å². The molecule has 2 fully saturated rings. The van der Waals surface area contributed by atoms with Crippen LogP contribution < -0.4 is 9.64 Å². The maximum absolute atomic E-state index is 13.3. The number of benzene rings is 1. The number of halogens is 1. The van der Waals surface area contributed by atoms with E-state index in [0.717, 1.165) is 50.0 Å². The summed E-state index contributed by atoms with van der Waals surface area (Å²) < 4.78 is 19.3. The van der Waals surface area contributed by atoms with Crippen LogP contribution in [0, 0.1) is 11.7 Å². The summed E-state index contributed by atoms with van der Waals surface area (Å²) in [5, 5.41) is 0.